The zero-order chi connectivity index (χ0) is 18.5. The monoisotopic (exact) mass is 361 g/mol. The van der Waals surface area contributed by atoms with Crippen molar-refractivity contribution < 1.29 is 9.53 Å². The van der Waals surface area contributed by atoms with Gasteiger partial charge in [-0.05, 0) is 57.8 Å². The Balaban J connectivity index is 1.52. The number of carbonyl (C=O) groups is 1. The molecular weight excluding hydrogens is 330 g/mol. The van der Waals surface area contributed by atoms with E-state index >= 15 is 0 Å². The highest BCUT2D eigenvalue weighted by Gasteiger charge is 2.27. The molecule has 3 N–H and O–H groups in total. The van der Waals surface area contributed by atoms with E-state index in [1.807, 2.05) is 18.3 Å². The van der Waals surface area contributed by atoms with Gasteiger partial charge in [0, 0.05) is 32.3 Å². The van der Waals surface area contributed by atoms with Crippen molar-refractivity contribution in [1.82, 2.24) is 9.88 Å². The molecule has 7 nitrogen and oxygen atoms in total. The fraction of sp³-hybridized carbons (Fsp3) is 0.684. The van der Waals surface area contributed by atoms with Crippen molar-refractivity contribution in [3.05, 3.63) is 18.3 Å². The SMILES string of the molecule is CN(C)C1CCN(c2ccc(NC(=O)C(N)C3CCOCC3)nc2)CC1. The third-order valence-corrected chi connectivity index (χ3v) is 5.64. The van der Waals surface area contributed by atoms with Gasteiger partial charge in [0.2, 0.25) is 5.91 Å². The van der Waals surface area contributed by atoms with Crippen LogP contribution in [-0.2, 0) is 9.53 Å². The molecule has 1 aromatic heterocycles. The van der Waals surface area contributed by atoms with Gasteiger partial charge in [0.15, 0.2) is 0 Å². The molecule has 2 fully saturated rings. The van der Waals surface area contributed by atoms with Crippen molar-refractivity contribution in [2.24, 2.45) is 11.7 Å². The van der Waals surface area contributed by atoms with Gasteiger partial charge in [0.1, 0.15) is 5.82 Å². The molecule has 144 valence electrons. The fourth-order valence-corrected chi connectivity index (χ4v) is 3.79. The number of amides is 1. The Morgan fingerprint density at radius 2 is 1.96 bits per heavy atom. The lowest BCUT2D eigenvalue weighted by atomic mass is 9.92. The Morgan fingerprint density at radius 3 is 2.54 bits per heavy atom. The summed E-state index contributed by atoms with van der Waals surface area (Å²) < 4.78 is 5.33. The number of aromatic nitrogens is 1. The molecule has 2 saturated heterocycles. The van der Waals surface area contributed by atoms with Crippen molar-refractivity contribution in [2.45, 2.75) is 37.8 Å². The number of piperidine rings is 1. The van der Waals surface area contributed by atoms with E-state index in [0.717, 1.165) is 44.5 Å². The first kappa shape index (κ1) is 19.1. The Kier molecular flexibility index (Phi) is 6.45. The van der Waals surface area contributed by atoms with Crippen LogP contribution in [0.25, 0.3) is 0 Å². The normalized spacial score (nSPS) is 21.0. The summed E-state index contributed by atoms with van der Waals surface area (Å²) in [5.41, 5.74) is 7.22. The summed E-state index contributed by atoms with van der Waals surface area (Å²) in [5.74, 6) is 0.578. The van der Waals surface area contributed by atoms with E-state index in [2.05, 4.69) is 34.2 Å². The number of hydrogen-bond donors (Lipinski definition) is 2. The van der Waals surface area contributed by atoms with Crippen molar-refractivity contribution in [3.8, 4) is 0 Å². The molecule has 0 saturated carbocycles. The van der Waals surface area contributed by atoms with Gasteiger partial charge < -0.3 is 25.6 Å². The zero-order valence-corrected chi connectivity index (χ0v) is 15.9. The first-order chi connectivity index (χ1) is 12.5. The lowest BCUT2D eigenvalue weighted by molar-refractivity contribution is -0.119. The van der Waals surface area contributed by atoms with Crippen LogP contribution < -0.4 is 16.0 Å². The maximum Gasteiger partial charge on any atom is 0.242 e. The van der Waals surface area contributed by atoms with E-state index in [4.69, 9.17) is 10.5 Å². The first-order valence-corrected chi connectivity index (χ1v) is 9.56. The number of hydrogen-bond acceptors (Lipinski definition) is 6. The summed E-state index contributed by atoms with van der Waals surface area (Å²) in [6.45, 7) is 3.43. The van der Waals surface area contributed by atoms with E-state index in [1.54, 1.807) is 0 Å². The Bertz CT molecular complexity index is 578. The lowest BCUT2D eigenvalue weighted by Gasteiger charge is -2.36. The van der Waals surface area contributed by atoms with E-state index in [1.165, 1.54) is 0 Å². The number of pyridine rings is 1. The van der Waals surface area contributed by atoms with Crippen LogP contribution in [0.2, 0.25) is 0 Å². The van der Waals surface area contributed by atoms with Gasteiger partial charge >= 0.3 is 0 Å². The first-order valence-electron chi connectivity index (χ1n) is 9.56. The van der Waals surface area contributed by atoms with Gasteiger partial charge in [-0.3, -0.25) is 4.79 Å². The van der Waals surface area contributed by atoms with E-state index < -0.39 is 6.04 Å². The minimum absolute atomic E-state index is 0.163. The number of nitrogens with one attached hydrogen (secondary N) is 1. The molecular formula is C19H31N5O2. The molecule has 0 spiro atoms. The molecule has 2 aliphatic rings. The largest absolute Gasteiger partial charge is 0.381 e. The molecule has 26 heavy (non-hydrogen) atoms. The highest BCUT2D eigenvalue weighted by Crippen LogP contribution is 2.22. The molecule has 1 atom stereocenters. The number of nitrogens with zero attached hydrogens (tertiary/aromatic N) is 3. The van der Waals surface area contributed by atoms with E-state index in [9.17, 15) is 4.79 Å². The third-order valence-electron chi connectivity index (χ3n) is 5.64. The van der Waals surface area contributed by atoms with Crippen LogP contribution in [-0.4, -0.2) is 68.3 Å². The van der Waals surface area contributed by atoms with E-state index in [0.29, 0.717) is 25.1 Å². The third kappa shape index (κ3) is 4.72. The number of ether oxygens (including phenoxy) is 1. The van der Waals surface area contributed by atoms with Crippen molar-refractivity contribution in [1.29, 1.82) is 0 Å². The van der Waals surface area contributed by atoms with Crippen LogP contribution >= 0.6 is 0 Å². The van der Waals surface area contributed by atoms with Gasteiger partial charge in [-0.25, -0.2) is 4.98 Å². The number of nitrogens with two attached hydrogens (primary N) is 1. The number of rotatable bonds is 5. The molecule has 1 aromatic rings. The maximum absolute atomic E-state index is 12.4. The molecule has 1 amide bonds. The summed E-state index contributed by atoms with van der Waals surface area (Å²) >= 11 is 0. The average molecular weight is 361 g/mol. The molecule has 2 aliphatic heterocycles. The lowest BCUT2D eigenvalue weighted by Crippen LogP contribution is -2.44. The zero-order valence-electron chi connectivity index (χ0n) is 15.9. The van der Waals surface area contributed by atoms with Gasteiger partial charge in [0.25, 0.3) is 0 Å². The Labute approximate surface area is 155 Å². The van der Waals surface area contributed by atoms with Crippen molar-refractivity contribution >= 4 is 17.4 Å². The summed E-state index contributed by atoms with van der Waals surface area (Å²) in [5, 5.41) is 2.85. The minimum atomic E-state index is -0.509. The molecule has 3 rings (SSSR count). The van der Waals surface area contributed by atoms with Crippen LogP contribution in [0.4, 0.5) is 11.5 Å². The van der Waals surface area contributed by atoms with Crippen LogP contribution in [0.1, 0.15) is 25.7 Å². The van der Waals surface area contributed by atoms with Crippen molar-refractivity contribution in [2.75, 3.05) is 50.6 Å². The van der Waals surface area contributed by atoms with Gasteiger partial charge in [-0.2, -0.15) is 0 Å². The highest BCUT2D eigenvalue weighted by atomic mass is 16.5. The topological polar surface area (TPSA) is 83.7 Å². The smallest absolute Gasteiger partial charge is 0.242 e. The van der Waals surface area contributed by atoms with Gasteiger partial charge in [-0.1, -0.05) is 0 Å². The molecule has 0 bridgehead atoms. The maximum atomic E-state index is 12.4. The van der Waals surface area contributed by atoms with Gasteiger partial charge in [0.05, 0.1) is 17.9 Å². The predicted octanol–water partition coefficient (Wildman–Crippen LogP) is 1.30. The minimum Gasteiger partial charge on any atom is -0.381 e. The van der Waals surface area contributed by atoms with Crippen molar-refractivity contribution in [3.63, 3.8) is 0 Å². The molecule has 0 aliphatic carbocycles. The summed E-state index contributed by atoms with van der Waals surface area (Å²) in [6.07, 6.45) is 5.83. The Hall–Kier alpha value is -1.70. The van der Waals surface area contributed by atoms with Crippen LogP contribution in [0, 0.1) is 5.92 Å². The van der Waals surface area contributed by atoms with Crippen LogP contribution in [0.5, 0.6) is 0 Å². The summed E-state index contributed by atoms with van der Waals surface area (Å²) in [4.78, 5) is 21.4. The molecule has 0 aromatic carbocycles. The highest BCUT2D eigenvalue weighted by molar-refractivity contribution is 5.94. The quantitative estimate of drug-likeness (QED) is 0.823. The number of anilines is 2. The molecule has 3 heterocycles. The summed E-state index contributed by atoms with van der Waals surface area (Å²) in [6, 6.07) is 4.04. The molecule has 1 unspecified atom stereocenters. The van der Waals surface area contributed by atoms with Crippen LogP contribution in [0.15, 0.2) is 18.3 Å². The second kappa shape index (κ2) is 8.79. The predicted molar refractivity (Wildman–Crippen MR) is 103 cm³/mol. The second-order valence-corrected chi connectivity index (χ2v) is 7.55. The molecule has 0 radical (unpaired) electrons. The summed E-state index contributed by atoms with van der Waals surface area (Å²) in [7, 11) is 4.29. The van der Waals surface area contributed by atoms with Crippen LogP contribution in [0.3, 0.4) is 0 Å². The Morgan fingerprint density at radius 1 is 1.27 bits per heavy atom. The molecule has 7 heteroatoms. The average Bonchev–Trinajstić information content (AvgIpc) is 2.68. The number of carbonyl (C=O) groups excluding carboxylic acids is 1. The fourth-order valence-electron chi connectivity index (χ4n) is 3.79. The second-order valence-electron chi connectivity index (χ2n) is 7.55. The van der Waals surface area contributed by atoms with E-state index in [-0.39, 0.29) is 11.8 Å². The van der Waals surface area contributed by atoms with Gasteiger partial charge in [-0.15, -0.1) is 0 Å². The standard InChI is InChI=1S/C19H31N5O2/c1-23(2)15-5-9-24(10-6-15)16-3-4-17(21-13-16)22-19(25)18(20)14-7-11-26-12-8-14/h3-4,13-15,18H,5-12,20H2,1-2H3,(H,21,22,25).